The predicted molar refractivity (Wildman–Crippen MR) is 73.8 cm³/mol. The summed E-state index contributed by atoms with van der Waals surface area (Å²) in [6, 6.07) is 5.71. The molecule has 1 amide bonds. The summed E-state index contributed by atoms with van der Waals surface area (Å²) in [4.78, 5) is 26.3. The first-order valence-electron chi connectivity index (χ1n) is 5.71. The number of benzene rings is 1. The molecule has 2 aromatic rings. The molecule has 0 atom stereocenters. The highest BCUT2D eigenvalue weighted by Crippen LogP contribution is 2.19. The maximum absolute atomic E-state index is 12.0. The molecule has 0 saturated heterocycles. The SMILES string of the molecule is CCSc1n[nH]c(NC(=O)c2ccccc2[N+](=O)[O-])n1. The molecule has 1 heterocycles. The van der Waals surface area contributed by atoms with Gasteiger partial charge in [-0.25, -0.2) is 5.10 Å². The Morgan fingerprint density at radius 3 is 2.95 bits per heavy atom. The van der Waals surface area contributed by atoms with Gasteiger partial charge in [-0.2, -0.15) is 4.98 Å². The molecule has 0 radical (unpaired) electrons. The van der Waals surface area contributed by atoms with Gasteiger partial charge in [0.05, 0.1) is 4.92 Å². The Morgan fingerprint density at radius 2 is 2.25 bits per heavy atom. The highest BCUT2D eigenvalue weighted by atomic mass is 32.2. The first-order valence-corrected chi connectivity index (χ1v) is 6.70. The summed E-state index contributed by atoms with van der Waals surface area (Å²) in [5, 5.41) is 20.3. The lowest BCUT2D eigenvalue weighted by Gasteiger charge is -2.02. The summed E-state index contributed by atoms with van der Waals surface area (Å²) in [7, 11) is 0. The molecule has 0 saturated carbocycles. The average Bonchev–Trinajstić information content (AvgIpc) is 2.86. The number of aromatic amines is 1. The van der Waals surface area contributed by atoms with E-state index in [0.29, 0.717) is 5.16 Å². The highest BCUT2D eigenvalue weighted by molar-refractivity contribution is 7.99. The third kappa shape index (κ3) is 3.12. The number of nitrogens with zero attached hydrogens (tertiary/aromatic N) is 3. The minimum absolute atomic E-state index is 0.0291. The van der Waals surface area contributed by atoms with Crippen molar-refractivity contribution in [1.29, 1.82) is 0 Å². The van der Waals surface area contributed by atoms with Gasteiger partial charge in [-0.3, -0.25) is 20.2 Å². The fourth-order valence-corrected chi connectivity index (χ4v) is 2.02. The monoisotopic (exact) mass is 293 g/mol. The van der Waals surface area contributed by atoms with Crippen molar-refractivity contribution in [2.24, 2.45) is 0 Å². The number of para-hydroxylation sites is 1. The molecule has 0 aliphatic rings. The van der Waals surface area contributed by atoms with Gasteiger partial charge in [-0.05, 0) is 11.8 Å². The van der Waals surface area contributed by atoms with Crippen LogP contribution in [0.1, 0.15) is 17.3 Å². The van der Waals surface area contributed by atoms with Crippen LogP contribution in [0.15, 0.2) is 29.4 Å². The van der Waals surface area contributed by atoms with Crippen LogP contribution in [0, 0.1) is 10.1 Å². The topological polar surface area (TPSA) is 114 Å². The van der Waals surface area contributed by atoms with Crippen molar-refractivity contribution < 1.29 is 9.72 Å². The zero-order valence-electron chi connectivity index (χ0n) is 10.5. The number of thioether (sulfide) groups is 1. The Kier molecular flexibility index (Phi) is 4.31. The smallest absolute Gasteiger partial charge is 0.282 e. The molecule has 20 heavy (non-hydrogen) atoms. The summed E-state index contributed by atoms with van der Waals surface area (Å²) in [5.41, 5.74) is -0.286. The van der Waals surface area contributed by atoms with E-state index in [2.05, 4.69) is 20.5 Å². The number of anilines is 1. The quantitative estimate of drug-likeness (QED) is 0.495. The van der Waals surface area contributed by atoms with Crippen molar-refractivity contribution in [3.8, 4) is 0 Å². The van der Waals surface area contributed by atoms with E-state index in [9.17, 15) is 14.9 Å². The number of hydrogen-bond acceptors (Lipinski definition) is 6. The van der Waals surface area contributed by atoms with Crippen LogP contribution in [0.5, 0.6) is 0 Å². The number of nitrogens with one attached hydrogen (secondary N) is 2. The van der Waals surface area contributed by atoms with E-state index in [1.165, 1.54) is 30.0 Å². The zero-order valence-corrected chi connectivity index (χ0v) is 11.3. The number of aromatic nitrogens is 3. The van der Waals surface area contributed by atoms with Gasteiger partial charge in [0, 0.05) is 6.07 Å². The van der Waals surface area contributed by atoms with E-state index in [1.807, 2.05) is 6.92 Å². The Morgan fingerprint density at radius 1 is 1.50 bits per heavy atom. The molecular weight excluding hydrogens is 282 g/mol. The molecule has 0 aliphatic heterocycles. The Labute approximate surface area is 118 Å². The number of nitro groups is 1. The summed E-state index contributed by atoms with van der Waals surface area (Å²) < 4.78 is 0. The zero-order chi connectivity index (χ0) is 14.5. The minimum Gasteiger partial charge on any atom is -0.291 e. The number of rotatable bonds is 5. The molecule has 0 fully saturated rings. The standard InChI is InChI=1S/C11H11N5O3S/c1-2-20-11-13-10(14-15-11)12-9(17)7-5-3-4-6-8(7)16(18)19/h3-6H,2H2,1H3,(H2,12,13,14,15,17). The summed E-state index contributed by atoms with van der Waals surface area (Å²) in [5.74, 6) is 0.348. The molecule has 1 aromatic heterocycles. The second kappa shape index (κ2) is 6.15. The normalized spacial score (nSPS) is 10.2. The number of H-pyrrole nitrogens is 1. The summed E-state index contributed by atoms with van der Waals surface area (Å²) >= 11 is 1.41. The van der Waals surface area contributed by atoms with Gasteiger partial charge >= 0.3 is 0 Å². The lowest BCUT2D eigenvalue weighted by atomic mass is 10.1. The van der Waals surface area contributed by atoms with Crippen molar-refractivity contribution in [3.05, 3.63) is 39.9 Å². The third-order valence-electron chi connectivity index (χ3n) is 2.32. The Bertz CT molecular complexity index is 642. The van der Waals surface area contributed by atoms with Gasteiger partial charge in [0.25, 0.3) is 11.6 Å². The van der Waals surface area contributed by atoms with Crippen LogP contribution in [0.4, 0.5) is 11.6 Å². The van der Waals surface area contributed by atoms with Crippen LogP contribution in [-0.2, 0) is 0 Å². The Balaban J connectivity index is 2.17. The van der Waals surface area contributed by atoms with Gasteiger partial charge in [0.15, 0.2) is 0 Å². The van der Waals surface area contributed by atoms with E-state index >= 15 is 0 Å². The van der Waals surface area contributed by atoms with E-state index in [0.717, 1.165) is 5.75 Å². The number of carbonyl (C=O) groups is 1. The largest absolute Gasteiger partial charge is 0.291 e. The van der Waals surface area contributed by atoms with Crippen molar-refractivity contribution in [1.82, 2.24) is 15.2 Å². The number of amides is 1. The van der Waals surface area contributed by atoms with Gasteiger partial charge in [-0.1, -0.05) is 30.8 Å². The van der Waals surface area contributed by atoms with E-state index in [4.69, 9.17) is 0 Å². The summed E-state index contributed by atoms with van der Waals surface area (Å²) in [6.07, 6.45) is 0. The molecule has 0 aliphatic carbocycles. The van der Waals surface area contributed by atoms with Gasteiger partial charge < -0.3 is 0 Å². The summed E-state index contributed by atoms with van der Waals surface area (Å²) in [6.45, 7) is 1.95. The highest BCUT2D eigenvalue weighted by Gasteiger charge is 2.20. The molecule has 1 aromatic carbocycles. The lowest BCUT2D eigenvalue weighted by molar-refractivity contribution is -0.385. The average molecular weight is 293 g/mol. The van der Waals surface area contributed by atoms with Crippen molar-refractivity contribution >= 4 is 29.3 Å². The van der Waals surface area contributed by atoms with E-state index < -0.39 is 10.8 Å². The second-order valence-electron chi connectivity index (χ2n) is 3.63. The molecule has 2 N–H and O–H groups in total. The van der Waals surface area contributed by atoms with Crippen LogP contribution < -0.4 is 5.32 Å². The van der Waals surface area contributed by atoms with Crippen molar-refractivity contribution in [2.45, 2.75) is 12.1 Å². The van der Waals surface area contributed by atoms with Gasteiger partial charge in [-0.15, -0.1) is 5.10 Å². The number of nitro benzene ring substituents is 1. The molecule has 0 bridgehead atoms. The number of carbonyl (C=O) groups excluding carboxylic acids is 1. The van der Waals surface area contributed by atoms with Gasteiger partial charge in [0.2, 0.25) is 11.1 Å². The van der Waals surface area contributed by atoms with Crippen LogP contribution in [-0.4, -0.2) is 31.8 Å². The van der Waals surface area contributed by atoms with Crippen LogP contribution >= 0.6 is 11.8 Å². The molecule has 2 rings (SSSR count). The lowest BCUT2D eigenvalue weighted by Crippen LogP contribution is -2.14. The van der Waals surface area contributed by atoms with E-state index in [1.54, 1.807) is 6.07 Å². The van der Waals surface area contributed by atoms with Crippen LogP contribution in [0.2, 0.25) is 0 Å². The molecule has 0 unspecified atom stereocenters. The van der Waals surface area contributed by atoms with E-state index in [-0.39, 0.29) is 17.2 Å². The molecule has 9 heteroatoms. The molecule has 104 valence electrons. The predicted octanol–water partition coefficient (Wildman–Crippen LogP) is 2.08. The second-order valence-corrected chi connectivity index (χ2v) is 4.86. The van der Waals surface area contributed by atoms with Gasteiger partial charge in [0.1, 0.15) is 5.56 Å². The van der Waals surface area contributed by atoms with Crippen molar-refractivity contribution in [3.63, 3.8) is 0 Å². The maximum Gasteiger partial charge on any atom is 0.282 e. The molecular formula is C11H11N5O3S. The maximum atomic E-state index is 12.0. The Hall–Kier alpha value is -2.42. The fourth-order valence-electron chi connectivity index (χ4n) is 1.50. The molecule has 8 nitrogen and oxygen atoms in total. The first-order chi connectivity index (χ1) is 9.61. The fraction of sp³-hybridized carbons (Fsp3) is 0.182. The van der Waals surface area contributed by atoms with Crippen LogP contribution in [0.25, 0.3) is 0 Å². The third-order valence-corrected chi connectivity index (χ3v) is 3.05. The van der Waals surface area contributed by atoms with Crippen molar-refractivity contribution in [2.75, 3.05) is 11.1 Å². The van der Waals surface area contributed by atoms with Crippen LogP contribution in [0.3, 0.4) is 0 Å². The first kappa shape index (κ1) is 14.0. The minimum atomic E-state index is -0.610. The number of hydrogen-bond donors (Lipinski definition) is 2. The molecule has 0 spiro atoms.